The van der Waals surface area contributed by atoms with Crippen molar-refractivity contribution in [3.8, 4) is 0 Å². The van der Waals surface area contributed by atoms with Crippen molar-refractivity contribution in [2.45, 2.75) is 26.0 Å². The van der Waals surface area contributed by atoms with Gasteiger partial charge in [-0.3, -0.25) is 0 Å². The van der Waals surface area contributed by atoms with E-state index in [-0.39, 0.29) is 0 Å². The van der Waals surface area contributed by atoms with Crippen LogP contribution in [0.4, 0.5) is 13.2 Å². The van der Waals surface area contributed by atoms with Crippen molar-refractivity contribution in [3.63, 3.8) is 0 Å². The molecule has 1 rings (SSSR count). The Labute approximate surface area is 96.2 Å². The summed E-state index contributed by atoms with van der Waals surface area (Å²) in [6, 6.07) is 5.59. The molecule has 0 radical (unpaired) electrons. The predicted octanol–water partition coefficient (Wildman–Crippen LogP) is 4.10. The normalized spacial score (nSPS) is 14.3. The number of halogens is 3. The van der Waals surface area contributed by atoms with E-state index in [1.54, 1.807) is 12.1 Å². The Morgan fingerprint density at radius 2 is 1.53 bits per heavy atom. The molecular formula is C11H14BiF3. The first-order valence-electron chi connectivity index (χ1n) is 4.66. The Morgan fingerprint density at radius 3 is 1.87 bits per heavy atom. The maximum absolute atomic E-state index is 12.3. The first-order valence-corrected chi connectivity index (χ1v) is 13.6. The van der Waals surface area contributed by atoms with Crippen molar-refractivity contribution in [2.24, 2.45) is 0 Å². The Bertz CT molecular complexity index is 314. The minimum atomic E-state index is -4.22. The van der Waals surface area contributed by atoms with E-state index < -0.39 is 33.5 Å². The van der Waals surface area contributed by atoms with Gasteiger partial charge in [0, 0.05) is 0 Å². The molecule has 0 nitrogen and oxygen atoms in total. The SMILES string of the molecule is C[CH](c1ccc(C(F)(F)F)cc1)[Bi]([CH3])[CH3]. The van der Waals surface area contributed by atoms with Crippen LogP contribution < -0.4 is 0 Å². The van der Waals surface area contributed by atoms with Gasteiger partial charge in [0.25, 0.3) is 0 Å². The van der Waals surface area contributed by atoms with Crippen LogP contribution in [0, 0.1) is 0 Å². The van der Waals surface area contributed by atoms with Gasteiger partial charge in [0.1, 0.15) is 0 Å². The minimum absolute atomic E-state index is 0.488. The van der Waals surface area contributed by atoms with Crippen molar-refractivity contribution in [2.75, 3.05) is 0 Å². The molecule has 1 unspecified atom stereocenters. The molecular weight excluding hydrogens is 398 g/mol. The van der Waals surface area contributed by atoms with Gasteiger partial charge in [-0.2, -0.15) is 0 Å². The van der Waals surface area contributed by atoms with Gasteiger partial charge in [-0.15, -0.1) is 0 Å². The monoisotopic (exact) mass is 412 g/mol. The Balaban J connectivity index is 2.91. The van der Waals surface area contributed by atoms with Crippen LogP contribution in [0.3, 0.4) is 0 Å². The Morgan fingerprint density at radius 1 is 1.07 bits per heavy atom. The fraction of sp³-hybridized carbons (Fsp3) is 0.455. The molecule has 0 fully saturated rings. The Hall–Kier alpha value is -0.107. The van der Waals surface area contributed by atoms with Gasteiger partial charge in [-0.25, -0.2) is 0 Å². The van der Waals surface area contributed by atoms with Gasteiger partial charge in [-0.05, 0) is 0 Å². The molecule has 0 aliphatic heterocycles. The fourth-order valence-electron chi connectivity index (χ4n) is 1.25. The predicted molar refractivity (Wildman–Crippen MR) is 57.3 cm³/mol. The summed E-state index contributed by atoms with van der Waals surface area (Å²) in [6.07, 6.45) is -4.22. The second-order valence-corrected chi connectivity index (χ2v) is 14.3. The summed E-state index contributed by atoms with van der Waals surface area (Å²) in [7, 11) is 0. The van der Waals surface area contributed by atoms with Crippen molar-refractivity contribution < 1.29 is 13.2 Å². The zero-order valence-corrected chi connectivity index (χ0v) is 12.4. The second-order valence-electron chi connectivity index (χ2n) is 3.76. The molecule has 0 N–H and O–H groups in total. The molecule has 0 spiro atoms. The second kappa shape index (κ2) is 4.82. The third kappa shape index (κ3) is 3.44. The van der Waals surface area contributed by atoms with Crippen LogP contribution in [0.2, 0.25) is 9.26 Å². The zero-order valence-electron chi connectivity index (χ0n) is 8.97. The third-order valence-electron chi connectivity index (χ3n) is 2.50. The van der Waals surface area contributed by atoms with E-state index in [0.717, 1.165) is 5.56 Å². The molecule has 4 heteroatoms. The maximum atomic E-state index is 12.3. The molecule has 0 aliphatic carbocycles. The van der Waals surface area contributed by atoms with Crippen molar-refractivity contribution in [3.05, 3.63) is 35.4 Å². The first kappa shape index (κ1) is 13.0. The van der Waals surface area contributed by atoms with Gasteiger partial charge >= 0.3 is 96.3 Å². The van der Waals surface area contributed by atoms with E-state index in [2.05, 4.69) is 16.2 Å². The van der Waals surface area contributed by atoms with Crippen LogP contribution in [-0.2, 0) is 6.18 Å². The van der Waals surface area contributed by atoms with Crippen LogP contribution in [0.1, 0.15) is 21.7 Å². The van der Waals surface area contributed by atoms with Crippen LogP contribution in [0.15, 0.2) is 24.3 Å². The molecule has 0 saturated carbocycles. The van der Waals surface area contributed by atoms with E-state index in [1.165, 1.54) is 12.1 Å². The summed E-state index contributed by atoms with van der Waals surface area (Å²) in [6.45, 7) is 2.11. The van der Waals surface area contributed by atoms with Gasteiger partial charge in [-0.1, -0.05) is 0 Å². The summed E-state index contributed by atoms with van der Waals surface area (Å²) < 4.78 is 41.9. The third-order valence-corrected chi connectivity index (χ3v) is 9.68. The van der Waals surface area contributed by atoms with Gasteiger partial charge in [0.2, 0.25) is 0 Å². The van der Waals surface area contributed by atoms with Gasteiger partial charge in [0.15, 0.2) is 0 Å². The number of rotatable bonds is 2. The molecule has 0 aromatic heterocycles. The number of hydrogen-bond donors (Lipinski definition) is 0. The van der Waals surface area contributed by atoms with Crippen molar-refractivity contribution >= 4 is 21.8 Å². The fourth-order valence-corrected chi connectivity index (χ4v) is 4.24. The molecule has 0 bridgehead atoms. The zero-order chi connectivity index (χ0) is 11.6. The summed E-state index contributed by atoms with van der Waals surface area (Å²) in [5.41, 5.74) is 0.488. The first-order chi connectivity index (χ1) is 6.82. The molecule has 0 aliphatic rings. The summed E-state index contributed by atoms with van der Waals surface area (Å²) in [4.78, 5) is 0. The van der Waals surface area contributed by atoms with E-state index >= 15 is 0 Å². The number of benzene rings is 1. The molecule has 1 aromatic rings. The Kier molecular flexibility index (Phi) is 4.16. The van der Waals surface area contributed by atoms with Crippen LogP contribution in [-0.4, -0.2) is 21.8 Å². The molecule has 1 atom stereocenters. The van der Waals surface area contributed by atoms with E-state index in [4.69, 9.17) is 0 Å². The van der Waals surface area contributed by atoms with Gasteiger partial charge in [0.05, 0.1) is 0 Å². The topological polar surface area (TPSA) is 0 Å². The van der Waals surface area contributed by atoms with Crippen molar-refractivity contribution in [1.29, 1.82) is 0 Å². The number of alkyl halides is 3. The molecule has 1 aromatic carbocycles. The molecule has 0 saturated heterocycles. The van der Waals surface area contributed by atoms with Crippen LogP contribution in [0.25, 0.3) is 0 Å². The van der Waals surface area contributed by atoms with Gasteiger partial charge < -0.3 is 0 Å². The van der Waals surface area contributed by atoms with E-state index in [9.17, 15) is 13.2 Å². The number of hydrogen-bond acceptors (Lipinski definition) is 0. The van der Waals surface area contributed by atoms with Crippen LogP contribution in [0.5, 0.6) is 0 Å². The average molecular weight is 412 g/mol. The van der Waals surface area contributed by atoms with Crippen molar-refractivity contribution in [1.82, 2.24) is 0 Å². The van der Waals surface area contributed by atoms with E-state index in [0.29, 0.717) is 3.63 Å². The molecule has 0 amide bonds. The van der Waals surface area contributed by atoms with E-state index in [1.807, 2.05) is 0 Å². The molecule has 15 heavy (non-hydrogen) atoms. The molecule has 84 valence electrons. The summed E-state index contributed by atoms with van der Waals surface area (Å²) in [5, 5.41) is 0. The average Bonchev–Trinajstić information content (AvgIpc) is 2.15. The summed E-state index contributed by atoms with van der Waals surface area (Å²) in [5.74, 6) is 0. The quantitative estimate of drug-likeness (QED) is 0.642. The van der Waals surface area contributed by atoms with Crippen LogP contribution >= 0.6 is 0 Å². The standard InChI is InChI=1S/C9H8F3.2CH3.Bi/c1-2-7-3-5-8(6-4-7)9(10,11)12;;;/h2-6H,1H3;2*1H3;. The molecule has 0 heterocycles. The summed E-state index contributed by atoms with van der Waals surface area (Å²) >= 11 is -1.42.